The summed E-state index contributed by atoms with van der Waals surface area (Å²) in [5.74, 6) is 1.45. The smallest absolute Gasteiger partial charge is 0.0172 e. The Bertz CT molecular complexity index is 422. The molecule has 0 fully saturated rings. The van der Waals surface area contributed by atoms with Crippen LogP contribution in [0.15, 0.2) is 48.7 Å². The van der Waals surface area contributed by atoms with Crippen LogP contribution < -0.4 is 4.90 Å². The molecule has 2 aliphatic rings. The van der Waals surface area contributed by atoms with Gasteiger partial charge < -0.3 is 4.90 Å². The molecule has 0 spiro atoms. The molecule has 2 heterocycles. The van der Waals surface area contributed by atoms with E-state index in [-0.39, 0.29) is 32.7 Å². The second-order valence-electron chi connectivity index (χ2n) is 3.78. The molecule has 15 heavy (non-hydrogen) atoms. The number of fused-ring (bicyclic) bond motifs is 3. The van der Waals surface area contributed by atoms with Gasteiger partial charge in [0.1, 0.15) is 0 Å². The molecule has 1 nitrogen and oxygen atoms in total. The fourth-order valence-electron chi connectivity index (χ4n) is 2.27. The summed E-state index contributed by atoms with van der Waals surface area (Å²) in [5.41, 5.74) is 2.71. The summed E-state index contributed by atoms with van der Waals surface area (Å²) >= 11 is 0. The average molecular weight is 271 g/mol. The van der Waals surface area contributed by atoms with Crippen LogP contribution in [0.5, 0.6) is 0 Å². The molecule has 0 saturated heterocycles. The van der Waals surface area contributed by atoms with Crippen molar-refractivity contribution in [1.29, 1.82) is 0 Å². The first-order chi connectivity index (χ1) is 6.88. The minimum absolute atomic E-state index is 0. The van der Waals surface area contributed by atoms with Gasteiger partial charge in [-0.2, -0.15) is 11.6 Å². The Morgan fingerprint density at radius 3 is 2.87 bits per heavy atom. The fraction of sp³-hybridized carbons (Fsp3) is 0.154. The Kier molecular flexibility index (Phi) is 3.04. The fourth-order valence-corrected chi connectivity index (χ4v) is 2.27. The zero-order valence-corrected chi connectivity index (χ0v) is 11.6. The number of rotatable bonds is 0. The SMILES string of the molecule is C[C-]1c2ccccc2N2C=CC=CC12.[Y]. The summed E-state index contributed by atoms with van der Waals surface area (Å²) in [7, 11) is 0. The molecule has 2 aliphatic heterocycles. The molecule has 1 atom stereocenters. The first kappa shape index (κ1) is 11.0. The van der Waals surface area contributed by atoms with Crippen LogP contribution in [0.3, 0.4) is 0 Å². The minimum atomic E-state index is 0. The van der Waals surface area contributed by atoms with Gasteiger partial charge in [0.25, 0.3) is 0 Å². The molecule has 3 rings (SSSR count). The molecule has 73 valence electrons. The van der Waals surface area contributed by atoms with Crippen LogP contribution in [0.25, 0.3) is 0 Å². The van der Waals surface area contributed by atoms with Gasteiger partial charge in [0, 0.05) is 38.8 Å². The molecule has 1 unspecified atom stereocenters. The van der Waals surface area contributed by atoms with Gasteiger partial charge in [-0.1, -0.05) is 36.9 Å². The van der Waals surface area contributed by atoms with Crippen molar-refractivity contribution in [3.63, 3.8) is 0 Å². The van der Waals surface area contributed by atoms with Gasteiger partial charge in [-0.15, -0.1) is 12.0 Å². The molecule has 1 aromatic rings. The quantitative estimate of drug-likeness (QED) is 0.656. The van der Waals surface area contributed by atoms with Crippen LogP contribution in [0.1, 0.15) is 12.5 Å². The number of allylic oxidation sites excluding steroid dienone is 2. The predicted molar refractivity (Wildman–Crippen MR) is 59.0 cm³/mol. The summed E-state index contributed by atoms with van der Waals surface area (Å²) in [6.07, 6.45) is 8.61. The first-order valence-corrected chi connectivity index (χ1v) is 4.94. The zero-order valence-electron chi connectivity index (χ0n) is 8.72. The third kappa shape index (κ3) is 1.58. The maximum Gasteiger partial charge on any atom is 0.0172 e. The summed E-state index contributed by atoms with van der Waals surface area (Å²) in [4.78, 5) is 2.32. The van der Waals surface area contributed by atoms with E-state index in [2.05, 4.69) is 60.5 Å². The Morgan fingerprint density at radius 1 is 1.20 bits per heavy atom. The molecule has 0 aromatic heterocycles. The normalized spacial score (nSPS) is 21.0. The second-order valence-corrected chi connectivity index (χ2v) is 3.78. The van der Waals surface area contributed by atoms with Gasteiger partial charge in [-0.05, 0) is 12.3 Å². The number of hydrogen-bond donors (Lipinski definition) is 0. The topological polar surface area (TPSA) is 3.24 Å². The molecule has 1 radical (unpaired) electrons. The van der Waals surface area contributed by atoms with Gasteiger partial charge in [0.05, 0.1) is 0 Å². The van der Waals surface area contributed by atoms with E-state index in [9.17, 15) is 0 Å². The second kappa shape index (κ2) is 4.15. The van der Waals surface area contributed by atoms with Crippen LogP contribution >= 0.6 is 0 Å². The van der Waals surface area contributed by atoms with E-state index < -0.39 is 0 Å². The van der Waals surface area contributed by atoms with Crippen LogP contribution in [-0.4, -0.2) is 6.04 Å². The van der Waals surface area contributed by atoms with Crippen LogP contribution in [0.2, 0.25) is 0 Å². The van der Waals surface area contributed by atoms with E-state index in [0.717, 1.165) is 0 Å². The number of anilines is 1. The molecule has 2 heteroatoms. The van der Waals surface area contributed by atoms with Crippen molar-refractivity contribution in [2.24, 2.45) is 0 Å². The predicted octanol–water partition coefficient (Wildman–Crippen LogP) is 2.90. The van der Waals surface area contributed by atoms with E-state index in [1.165, 1.54) is 17.2 Å². The van der Waals surface area contributed by atoms with Crippen molar-refractivity contribution in [3.05, 3.63) is 60.2 Å². The standard InChI is InChI=1S/C13H12N.Y/c1-10-11-6-2-3-8-13(11)14-9-5-4-7-12(10)14;/h2-9,12H,1H3;/q-1;. The van der Waals surface area contributed by atoms with Crippen molar-refractivity contribution in [2.75, 3.05) is 4.90 Å². The Morgan fingerprint density at radius 2 is 2.00 bits per heavy atom. The monoisotopic (exact) mass is 271 g/mol. The molecule has 1 aromatic carbocycles. The van der Waals surface area contributed by atoms with Gasteiger partial charge in [-0.3, -0.25) is 0 Å². The first-order valence-electron chi connectivity index (χ1n) is 4.94. The molecule has 0 aliphatic carbocycles. The van der Waals surface area contributed by atoms with Gasteiger partial charge in [-0.25, -0.2) is 0 Å². The third-order valence-corrected chi connectivity index (χ3v) is 3.00. The number of hydrogen-bond acceptors (Lipinski definition) is 1. The zero-order chi connectivity index (χ0) is 9.54. The van der Waals surface area contributed by atoms with Crippen molar-refractivity contribution in [3.8, 4) is 0 Å². The van der Waals surface area contributed by atoms with Crippen molar-refractivity contribution < 1.29 is 32.7 Å². The van der Waals surface area contributed by atoms with Gasteiger partial charge in [0.2, 0.25) is 0 Å². The van der Waals surface area contributed by atoms with E-state index in [1.807, 2.05) is 0 Å². The summed E-state index contributed by atoms with van der Waals surface area (Å²) in [6, 6.07) is 9.03. The summed E-state index contributed by atoms with van der Waals surface area (Å²) in [6.45, 7) is 2.22. The number of para-hydroxylation sites is 1. The Balaban J connectivity index is 0.000000853. The Hall–Kier alpha value is -0.526. The largest absolute Gasteiger partial charge is 0.401 e. The summed E-state index contributed by atoms with van der Waals surface area (Å²) < 4.78 is 0. The van der Waals surface area contributed by atoms with E-state index in [4.69, 9.17) is 0 Å². The van der Waals surface area contributed by atoms with E-state index >= 15 is 0 Å². The molecular weight excluding hydrogens is 259 g/mol. The molecule has 0 bridgehead atoms. The number of benzene rings is 1. The van der Waals surface area contributed by atoms with Crippen molar-refractivity contribution >= 4 is 5.69 Å². The average Bonchev–Trinajstić information content (AvgIpc) is 2.55. The minimum Gasteiger partial charge on any atom is -0.401 e. The molecule has 0 saturated carbocycles. The Labute approximate surface area is 116 Å². The van der Waals surface area contributed by atoms with Crippen LogP contribution in [-0.2, 0) is 32.7 Å². The maximum absolute atomic E-state index is 2.32. The van der Waals surface area contributed by atoms with E-state index in [0.29, 0.717) is 6.04 Å². The maximum atomic E-state index is 2.32. The molecular formula is C13H12NY-. The van der Waals surface area contributed by atoms with Crippen molar-refractivity contribution in [1.82, 2.24) is 0 Å². The molecule has 0 N–H and O–H groups in total. The van der Waals surface area contributed by atoms with Crippen LogP contribution in [0, 0.1) is 5.92 Å². The molecule has 0 amide bonds. The third-order valence-electron chi connectivity index (χ3n) is 3.00. The van der Waals surface area contributed by atoms with Crippen molar-refractivity contribution in [2.45, 2.75) is 13.0 Å². The van der Waals surface area contributed by atoms with E-state index in [1.54, 1.807) is 0 Å². The number of nitrogens with zero attached hydrogens (tertiary/aromatic N) is 1. The summed E-state index contributed by atoms with van der Waals surface area (Å²) in [5, 5.41) is 0. The van der Waals surface area contributed by atoms with Crippen LogP contribution in [0.4, 0.5) is 5.69 Å². The van der Waals surface area contributed by atoms with Gasteiger partial charge in [0.15, 0.2) is 0 Å². The van der Waals surface area contributed by atoms with Gasteiger partial charge >= 0.3 is 0 Å².